The minimum atomic E-state index is -0.370. The Kier molecular flexibility index (Phi) is 3.23. The summed E-state index contributed by atoms with van der Waals surface area (Å²) >= 11 is 1.40. The molecule has 0 bridgehead atoms. The first-order chi connectivity index (χ1) is 9.69. The van der Waals surface area contributed by atoms with Crippen molar-refractivity contribution in [3.8, 4) is 0 Å². The van der Waals surface area contributed by atoms with Crippen molar-refractivity contribution in [1.82, 2.24) is 4.57 Å². The van der Waals surface area contributed by atoms with Crippen molar-refractivity contribution in [3.63, 3.8) is 0 Å². The lowest BCUT2D eigenvalue weighted by molar-refractivity contribution is 0.0601. The van der Waals surface area contributed by atoms with E-state index < -0.39 is 0 Å². The van der Waals surface area contributed by atoms with Crippen LogP contribution in [0.15, 0.2) is 34.1 Å². The Bertz CT molecular complexity index is 831. The van der Waals surface area contributed by atoms with E-state index in [9.17, 15) is 9.59 Å². The molecule has 1 aliphatic rings. The van der Waals surface area contributed by atoms with Crippen molar-refractivity contribution in [1.29, 1.82) is 0 Å². The summed E-state index contributed by atoms with van der Waals surface area (Å²) in [7, 11) is 1.35. The number of carbonyl (C=O) groups is 1. The number of hydrogen-bond acceptors (Lipinski definition) is 5. The fourth-order valence-corrected chi connectivity index (χ4v) is 3.08. The van der Waals surface area contributed by atoms with Gasteiger partial charge in [-0.1, -0.05) is 23.5 Å². The zero-order valence-corrected chi connectivity index (χ0v) is 11.6. The Morgan fingerprint density at radius 1 is 1.40 bits per heavy atom. The molecule has 6 heteroatoms. The van der Waals surface area contributed by atoms with Gasteiger partial charge in [0.2, 0.25) is 0 Å². The van der Waals surface area contributed by atoms with Gasteiger partial charge in [-0.05, 0) is 23.8 Å². The average molecular weight is 288 g/mol. The van der Waals surface area contributed by atoms with E-state index in [0.29, 0.717) is 23.2 Å². The molecular weight excluding hydrogens is 276 g/mol. The molecule has 2 heterocycles. The van der Waals surface area contributed by atoms with Crippen LogP contribution in [0.25, 0.3) is 6.08 Å². The van der Waals surface area contributed by atoms with E-state index in [2.05, 4.69) is 9.73 Å². The highest BCUT2D eigenvalue weighted by atomic mass is 32.1. The molecule has 0 spiro atoms. The fourth-order valence-electron chi connectivity index (χ4n) is 2.05. The van der Waals surface area contributed by atoms with Crippen LogP contribution < -0.4 is 14.9 Å². The zero-order chi connectivity index (χ0) is 14.1. The molecule has 0 radical (unpaired) electrons. The van der Waals surface area contributed by atoms with E-state index in [1.54, 1.807) is 28.8 Å². The van der Waals surface area contributed by atoms with Gasteiger partial charge in [-0.2, -0.15) is 0 Å². The SMILES string of the molecule is COC(=O)c1ccc(C=c2sc3n(c2=O)CCN=3)cc1. The van der Waals surface area contributed by atoms with Gasteiger partial charge in [-0.15, -0.1) is 0 Å². The molecule has 1 aromatic carbocycles. The number of hydrogen-bond donors (Lipinski definition) is 0. The molecular formula is C14H12N2O3S. The number of fused-ring (bicyclic) bond motifs is 1. The van der Waals surface area contributed by atoms with E-state index in [-0.39, 0.29) is 11.5 Å². The molecule has 102 valence electrons. The van der Waals surface area contributed by atoms with Gasteiger partial charge in [0.05, 0.1) is 23.8 Å². The van der Waals surface area contributed by atoms with Crippen molar-refractivity contribution in [2.45, 2.75) is 6.54 Å². The third-order valence-electron chi connectivity index (χ3n) is 3.09. The highest BCUT2D eigenvalue weighted by Gasteiger charge is 2.09. The van der Waals surface area contributed by atoms with Crippen LogP contribution in [-0.2, 0) is 11.3 Å². The van der Waals surface area contributed by atoms with E-state index in [1.807, 2.05) is 6.08 Å². The second-order valence-electron chi connectivity index (χ2n) is 4.35. The van der Waals surface area contributed by atoms with Crippen LogP contribution in [0.4, 0.5) is 0 Å². The van der Waals surface area contributed by atoms with Crippen LogP contribution in [0.2, 0.25) is 0 Å². The first-order valence-corrected chi connectivity index (χ1v) is 6.95. The second kappa shape index (κ2) is 5.05. The number of nitrogens with zero attached hydrogens (tertiary/aromatic N) is 2. The van der Waals surface area contributed by atoms with Crippen LogP contribution in [0.1, 0.15) is 15.9 Å². The Hall–Kier alpha value is -2.21. The summed E-state index contributed by atoms with van der Waals surface area (Å²) in [6, 6.07) is 6.94. The number of esters is 1. The smallest absolute Gasteiger partial charge is 0.337 e. The number of thiazole rings is 1. The highest BCUT2D eigenvalue weighted by molar-refractivity contribution is 7.07. The Morgan fingerprint density at radius 3 is 2.80 bits per heavy atom. The fraction of sp³-hybridized carbons (Fsp3) is 0.214. The number of benzene rings is 1. The molecule has 5 nitrogen and oxygen atoms in total. The molecule has 0 saturated carbocycles. The Morgan fingerprint density at radius 2 is 2.15 bits per heavy atom. The molecule has 1 aliphatic heterocycles. The summed E-state index contributed by atoms with van der Waals surface area (Å²) in [5.41, 5.74) is 1.36. The highest BCUT2D eigenvalue weighted by Crippen LogP contribution is 2.06. The van der Waals surface area contributed by atoms with Crippen molar-refractivity contribution in [2.75, 3.05) is 13.7 Å². The van der Waals surface area contributed by atoms with E-state index in [4.69, 9.17) is 0 Å². The lowest BCUT2D eigenvalue weighted by atomic mass is 10.1. The molecule has 20 heavy (non-hydrogen) atoms. The van der Waals surface area contributed by atoms with Crippen LogP contribution in [0.3, 0.4) is 0 Å². The molecule has 0 unspecified atom stereocenters. The number of methoxy groups -OCH3 is 1. The second-order valence-corrected chi connectivity index (χ2v) is 5.35. The molecule has 0 amide bonds. The molecule has 0 aliphatic carbocycles. The Labute approximate surface area is 118 Å². The van der Waals surface area contributed by atoms with Gasteiger partial charge in [-0.3, -0.25) is 14.4 Å². The van der Waals surface area contributed by atoms with Gasteiger partial charge in [0.1, 0.15) is 0 Å². The lowest BCUT2D eigenvalue weighted by Crippen LogP contribution is -2.29. The van der Waals surface area contributed by atoms with Crippen LogP contribution in [-0.4, -0.2) is 24.2 Å². The van der Waals surface area contributed by atoms with Crippen LogP contribution in [0, 0.1) is 0 Å². The minimum absolute atomic E-state index is 0.00305. The number of aromatic nitrogens is 1. The van der Waals surface area contributed by atoms with Crippen molar-refractivity contribution in [2.24, 2.45) is 4.99 Å². The zero-order valence-electron chi connectivity index (χ0n) is 10.8. The minimum Gasteiger partial charge on any atom is -0.465 e. The maximum Gasteiger partial charge on any atom is 0.337 e. The van der Waals surface area contributed by atoms with Gasteiger partial charge in [0, 0.05) is 6.54 Å². The molecule has 1 aromatic heterocycles. The average Bonchev–Trinajstić information content (AvgIpc) is 3.03. The maximum absolute atomic E-state index is 12.1. The Balaban J connectivity index is 2.01. The first-order valence-electron chi connectivity index (χ1n) is 6.13. The molecule has 0 saturated heterocycles. The predicted molar refractivity (Wildman–Crippen MR) is 75.6 cm³/mol. The third-order valence-corrected chi connectivity index (χ3v) is 4.13. The van der Waals surface area contributed by atoms with E-state index in [0.717, 1.165) is 10.4 Å². The van der Waals surface area contributed by atoms with E-state index >= 15 is 0 Å². The number of rotatable bonds is 2. The molecule has 0 N–H and O–H groups in total. The standard InChI is InChI=1S/C14H12N2O3S/c1-19-13(18)10-4-2-9(3-5-10)8-11-12(17)16-7-6-15-14(16)20-11/h2-5,8H,6-7H2,1H3. The summed E-state index contributed by atoms with van der Waals surface area (Å²) in [5.74, 6) is -0.370. The number of carbonyl (C=O) groups excluding carboxylic acids is 1. The summed E-state index contributed by atoms with van der Waals surface area (Å²) < 4.78 is 7.00. The number of ether oxygens (including phenoxy) is 1. The molecule has 0 fully saturated rings. The monoisotopic (exact) mass is 288 g/mol. The quantitative estimate of drug-likeness (QED) is 0.740. The van der Waals surface area contributed by atoms with Crippen molar-refractivity contribution < 1.29 is 9.53 Å². The van der Waals surface area contributed by atoms with Gasteiger partial charge >= 0.3 is 5.97 Å². The van der Waals surface area contributed by atoms with Crippen LogP contribution >= 0.6 is 11.3 Å². The summed E-state index contributed by atoms with van der Waals surface area (Å²) in [6.07, 6.45) is 1.81. The largest absolute Gasteiger partial charge is 0.465 e. The van der Waals surface area contributed by atoms with Crippen molar-refractivity contribution in [3.05, 3.63) is 55.1 Å². The molecule has 2 aromatic rings. The predicted octanol–water partition coefficient (Wildman–Crippen LogP) is 0.158. The maximum atomic E-state index is 12.1. The van der Waals surface area contributed by atoms with Crippen LogP contribution in [0.5, 0.6) is 0 Å². The van der Waals surface area contributed by atoms with Gasteiger partial charge in [0.25, 0.3) is 5.56 Å². The third kappa shape index (κ3) is 2.18. The summed E-state index contributed by atoms with van der Waals surface area (Å²) in [6.45, 7) is 1.36. The topological polar surface area (TPSA) is 60.7 Å². The first kappa shape index (κ1) is 12.8. The van der Waals surface area contributed by atoms with Gasteiger partial charge < -0.3 is 4.74 Å². The normalized spacial score (nSPS) is 13.9. The lowest BCUT2D eigenvalue weighted by Gasteiger charge is -1.98. The van der Waals surface area contributed by atoms with Gasteiger partial charge in [0.15, 0.2) is 4.80 Å². The summed E-state index contributed by atoms with van der Waals surface area (Å²) in [5, 5.41) is 0. The van der Waals surface area contributed by atoms with E-state index in [1.165, 1.54) is 18.4 Å². The molecule has 0 atom stereocenters. The van der Waals surface area contributed by atoms with Crippen molar-refractivity contribution >= 4 is 23.4 Å². The van der Waals surface area contributed by atoms with Gasteiger partial charge in [-0.25, -0.2) is 4.79 Å². The molecule has 3 rings (SSSR count). The summed E-state index contributed by atoms with van der Waals surface area (Å²) in [4.78, 5) is 28.5.